The Morgan fingerprint density at radius 1 is 1.25 bits per heavy atom. The summed E-state index contributed by atoms with van der Waals surface area (Å²) >= 11 is 0. The molecule has 1 N–H and O–H groups in total. The van der Waals surface area contributed by atoms with Crippen LogP contribution in [0.4, 0.5) is 0 Å². The van der Waals surface area contributed by atoms with Crippen LogP contribution in [0.2, 0.25) is 0 Å². The SMILES string of the molecule is CC(C)C(CO)CC1CCCC1. The van der Waals surface area contributed by atoms with Gasteiger partial charge in [0.25, 0.3) is 0 Å². The molecule has 1 heteroatoms. The molecule has 0 aliphatic heterocycles. The van der Waals surface area contributed by atoms with E-state index in [0.717, 1.165) is 5.92 Å². The number of hydrogen-bond acceptors (Lipinski definition) is 1. The van der Waals surface area contributed by atoms with Crippen molar-refractivity contribution in [1.29, 1.82) is 0 Å². The third kappa shape index (κ3) is 2.78. The summed E-state index contributed by atoms with van der Waals surface area (Å²) < 4.78 is 0. The fourth-order valence-electron chi connectivity index (χ4n) is 2.23. The maximum Gasteiger partial charge on any atom is 0.0461 e. The van der Waals surface area contributed by atoms with E-state index in [1.165, 1.54) is 32.1 Å². The number of hydrogen-bond donors (Lipinski definition) is 1. The molecule has 0 heterocycles. The van der Waals surface area contributed by atoms with Gasteiger partial charge in [-0.1, -0.05) is 39.5 Å². The molecule has 1 aliphatic carbocycles. The van der Waals surface area contributed by atoms with E-state index in [-0.39, 0.29) is 0 Å². The van der Waals surface area contributed by atoms with E-state index in [4.69, 9.17) is 5.11 Å². The van der Waals surface area contributed by atoms with Crippen LogP contribution in [0.5, 0.6) is 0 Å². The summed E-state index contributed by atoms with van der Waals surface area (Å²) in [5.41, 5.74) is 0. The average Bonchev–Trinajstić information content (AvgIpc) is 2.51. The maximum atomic E-state index is 9.16. The van der Waals surface area contributed by atoms with Crippen molar-refractivity contribution in [3.05, 3.63) is 0 Å². The predicted molar refractivity (Wildman–Crippen MR) is 52.0 cm³/mol. The zero-order valence-electron chi connectivity index (χ0n) is 8.42. The van der Waals surface area contributed by atoms with Crippen LogP contribution in [0.15, 0.2) is 0 Å². The summed E-state index contributed by atoms with van der Waals surface area (Å²) in [5, 5.41) is 9.16. The summed E-state index contributed by atoms with van der Waals surface area (Å²) in [4.78, 5) is 0. The Hall–Kier alpha value is -0.0400. The first kappa shape index (κ1) is 10.0. The van der Waals surface area contributed by atoms with Crippen LogP contribution in [0, 0.1) is 17.8 Å². The van der Waals surface area contributed by atoms with Crippen molar-refractivity contribution >= 4 is 0 Å². The summed E-state index contributed by atoms with van der Waals surface area (Å²) in [6, 6.07) is 0. The van der Waals surface area contributed by atoms with Gasteiger partial charge in [0.05, 0.1) is 0 Å². The Labute approximate surface area is 76.2 Å². The lowest BCUT2D eigenvalue weighted by Gasteiger charge is -2.21. The van der Waals surface area contributed by atoms with Gasteiger partial charge in [0.1, 0.15) is 0 Å². The highest BCUT2D eigenvalue weighted by Gasteiger charge is 2.21. The molecule has 0 aromatic rings. The molecule has 1 atom stereocenters. The lowest BCUT2D eigenvalue weighted by Crippen LogP contribution is -2.16. The molecule has 0 amide bonds. The van der Waals surface area contributed by atoms with Gasteiger partial charge in [-0.15, -0.1) is 0 Å². The monoisotopic (exact) mass is 170 g/mol. The fourth-order valence-corrected chi connectivity index (χ4v) is 2.23. The summed E-state index contributed by atoms with van der Waals surface area (Å²) in [6.07, 6.45) is 6.91. The van der Waals surface area contributed by atoms with Crippen molar-refractivity contribution in [3.63, 3.8) is 0 Å². The van der Waals surface area contributed by atoms with E-state index in [1.807, 2.05) is 0 Å². The van der Waals surface area contributed by atoms with Gasteiger partial charge in [-0.25, -0.2) is 0 Å². The Balaban J connectivity index is 2.26. The van der Waals surface area contributed by atoms with Crippen molar-refractivity contribution < 1.29 is 5.11 Å². The predicted octanol–water partition coefficient (Wildman–Crippen LogP) is 2.83. The lowest BCUT2D eigenvalue weighted by atomic mass is 9.86. The summed E-state index contributed by atoms with van der Waals surface area (Å²) in [6.45, 7) is 4.82. The lowest BCUT2D eigenvalue weighted by molar-refractivity contribution is 0.163. The number of aliphatic hydroxyl groups is 1. The van der Waals surface area contributed by atoms with Gasteiger partial charge in [0.2, 0.25) is 0 Å². The first-order chi connectivity index (χ1) is 5.74. The molecule has 0 spiro atoms. The van der Waals surface area contributed by atoms with Gasteiger partial charge in [0.15, 0.2) is 0 Å². The topological polar surface area (TPSA) is 20.2 Å². The average molecular weight is 170 g/mol. The van der Waals surface area contributed by atoms with E-state index in [9.17, 15) is 0 Å². The molecule has 0 aromatic carbocycles. The first-order valence-electron chi connectivity index (χ1n) is 5.35. The van der Waals surface area contributed by atoms with Crippen molar-refractivity contribution in [2.24, 2.45) is 17.8 Å². The van der Waals surface area contributed by atoms with Crippen molar-refractivity contribution in [2.75, 3.05) is 6.61 Å². The molecule has 0 bridgehead atoms. The largest absolute Gasteiger partial charge is 0.396 e. The van der Waals surface area contributed by atoms with Gasteiger partial charge in [-0.2, -0.15) is 0 Å². The molecule has 1 fully saturated rings. The molecule has 72 valence electrons. The molecule has 0 radical (unpaired) electrons. The Kier molecular flexibility index (Phi) is 4.07. The van der Waals surface area contributed by atoms with Gasteiger partial charge in [0, 0.05) is 6.61 Å². The summed E-state index contributed by atoms with van der Waals surface area (Å²) in [7, 11) is 0. The van der Waals surface area contributed by atoms with Crippen LogP contribution < -0.4 is 0 Å². The van der Waals surface area contributed by atoms with Crippen LogP contribution in [0.3, 0.4) is 0 Å². The van der Waals surface area contributed by atoms with Gasteiger partial charge in [-0.3, -0.25) is 0 Å². The highest BCUT2D eigenvalue weighted by Crippen LogP contribution is 2.32. The maximum absolute atomic E-state index is 9.16. The summed E-state index contributed by atoms with van der Waals surface area (Å²) in [5.74, 6) is 2.12. The third-order valence-electron chi connectivity index (χ3n) is 3.29. The van der Waals surface area contributed by atoms with Crippen molar-refractivity contribution in [2.45, 2.75) is 46.0 Å². The molecule has 0 saturated heterocycles. The van der Waals surface area contributed by atoms with Crippen LogP contribution >= 0.6 is 0 Å². The minimum atomic E-state index is 0.383. The Bertz CT molecular complexity index is 114. The van der Waals surface area contributed by atoms with E-state index >= 15 is 0 Å². The second-order valence-electron chi connectivity index (χ2n) is 4.57. The highest BCUT2D eigenvalue weighted by atomic mass is 16.3. The molecule has 1 aliphatic rings. The van der Waals surface area contributed by atoms with Crippen LogP contribution in [-0.4, -0.2) is 11.7 Å². The van der Waals surface area contributed by atoms with Gasteiger partial charge in [-0.05, 0) is 24.2 Å². The van der Waals surface area contributed by atoms with E-state index in [2.05, 4.69) is 13.8 Å². The molecular formula is C11H22O. The highest BCUT2D eigenvalue weighted by molar-refractivity contribution is 4.72. The van der Waals surface area contributed by atoms with E-state index in [0.29, 0.717) is 18.4 Å². The molecule has 12 heavy (non-hydrogen) atoms. The molecule has 1 saturated carbocycles. The quantitative estimate of drug-likeness (QED) is 0.688. The van der Waals surface area contributed by atoms with Gasteiger partial charge < -0.3 is 5.11 Å². The van der Waals surface area contributed by atoms with Crippen LogP contribution in [0.1, 0.15) is 46.0 Å². The normalized spacial score (nSPS) is 22.0. The third-order valence-corrected chi connectivity index (χ3v) is 3.29. The van der Waals surface area contributed by atoms with Crippen LogP contribution in [0.25, 0.3) is 0 Å². The molecule has 1 rings (SSSR count). The Morgan fingerprint density at radius 3 is 2.25 bits per heavy atom. The number of rotatable bonds is 4. The zero-order valence-corrected chi connectivity index (χ0v) is 8.42. The fraction of sp³-hybridized carbons (Fsp3) is 1.00. The molecule has 1 unspecified atom stereocenters. The van der Waals surface area contributed by atoms with Crippen molar-refractivity contribution in [1.82, 2.24) is 0 Å². The molecule has 0 aromatic heterocycles. The minimum Gasteiger partial charge on any atom is -0.396 e. The zero-order chi connectivity index (χ0) is 8.97. The van der Waals surface area contributed by atoms with Crippen molar-refractivity contribution in [3.8, 4) is 0 Å². The first-order valence-corrected chi connectivity index (χ1v) is 5.35. The number of aliphatic hydroxyl groups excluding tert-OH is 1. The van der Waals surface area contributed by atoms with Crippen LogP contribution in [-0.2, 0) is 0 Å². The Morgan fingerprint density at radius 2 is 1.83 bits per heavy atom. The second-order valence-corrected chi connectivity index (χ2v) is 4.57. The second kappa shape index (κ2) is 4.86. The molecule has 1 nitrogen and oxygen atoms in total. The van der Waals surface area contributed by atoms with Gasteiger partial charge >= 0.3 is 0 Å². The minimum absolute atomic E-state index is 0.383. The smallest absolute Gasteiger partial charge is 0.0461 e. The standard InChI is InChI=1S/C11H22O/c1-9(2)11(8-12)7-10-5-3-4-6-10/h9-12H,3-8H2,1-2H3. The molecular weight excluding hydrogens is 148 g/mol. The van der Waals surface area contributed by atoms with E-state index < -0.39 is 0 Å². The van der Waals surface area contributed by atoms with E-state index in [1.54, 1.807) is 0 Å².